The molecule has 10 heavy (non-hydrogen) atoms. The Morgan fingerprint density at radius 3 is 1.60 bits per heavy atom. The normalized spacial score (nSPS) is 17.1. The number of halogens is 6. The molecule has 0 saturated carbocycles. The molecule has 0 N–H and O–H groups in total. The molecule has 0 radical (unpaired) electrons. The molecular formula is C4H4Cl2F3I. The highest BCUT2D eigenvalue weighted by Gasteiger charge is 2.47. The molecule has 0 bridgehead atoms. The zero-order valence-corrected chi connectivity index (χ0v) is 8.51. The molecule has 0 fully saturated rings. The topological polar surface area (TPSA) is 0 Å². The Bertz CT molecular complexity index is 103. The fourth-order valence-corrected chi connectivity index (χ4v) is 0.786. The van der Waals surface area contributed by atoms with Gasteiger partial charge in [0.2, 0.25) is 0 Å². The third kappa shape index (κ3) is 3.48. The van der Waals surface area contributed by atoms with Gasteiger partial charge in [0.05, 0.1) is 5.92 Å². The Morgan fingerprint density at radius 2 is 1.60 bits per heavy atom. The molecule has 0 rings (SSSR count). The van der Waals surface area contributed by atoms with Crippen molar-refractivity contribution in [1.82, 2.24) is 0 Å². The minimum atomic E-state index is -4.33. The van der Waals surface area contributed by atoms with E-state index in [0.29, 0.717) is 0 Å². The average molecular weight is 307 g/mol. The first-order valence-corrected chi connectivity index (χ1v) is 4.12. The van der Waals surface area contributed by atoms with E-state index in [-0.39, 0.29) is 0 Å². The second kappa shape index (κ2) is 3.23. The van der Waals surface area contributed by atoms with Crippen molar-refractivity contribution in [2.24, 2.45) is 5.92 Å². The SMILES string of the molecule is CC(C(F)(F)F)C(Cl)(Cl)I. The highest BCUT2D eigenvalue weighted by molar-refractivity contribution is 14.1. The summed E-state index contributed by atoms with van der Waals surface area (Å²) in [5, 5.41) is 0. The summed E-state index contributed by atoms with van der Waals surface area (Å²) in [6.45, 7) is 0.937. The summed E-state index contributed by atoms with van der Waals surface area (Å²) in [5.41, 5.74) is 0. The molecule has 0 heterocycles. The molecular weight excluding hydrogens is 303 g/mol. The Kier molecular flexibility index (Phi) is 3.58. The maximum Gasteiger partial charge on any atom is 0.395 e. The van der Waals surface area contributed by atoms with Crippen molar-refractivity contribution < 1.29 is 13.2 Å². The minimum Gasteiger partial charge on any atom is -0.171 e. The Hall–Kier alpha value is 1.10. The van der Waals surface area contributed by atoms with Crippen LogP contribution in [0.15, 0.2) is 0 Å². The van der Waals surface area contributed by atoms with Gasteiger partial charge in [0.15, 0.2) is 2.34 Å². The van der Waals surface area contributed by atoms with Gasteiger partial charge in [-0.2, -0.15) is 13.2 Å². The second-order valence-electron chi connectivity index (χ2n) is 1.80. The van der Waals surface area contributed by atoms with Crippen LogP contribution in [0.25, 0.3) is 0 Å². The molecule has 1 atom stereocenters. The summed E-state index contributed by atoms with van der Waals surface area (Å²) in [5.74, 6) is -1.72. The van der Waals surface area contributed by atoms with Gasteiger partial charge in [-0.25, -0.2) is 0 Å². The third-order valence-corrected chi connectivity index (χ3v) is 2.57. The van der Waals surface area contributed by atoms with Gasteiger partial charge < -0.3 is 0 Å². The predicted octanol–water partition coefficient (Wildman–Crippen LogP) is 3.75. The van der Waals surface area contributed by atoms with Crippen molar-refractivity contribution in [3.8, 4) is 0 Å². The molecule has 62 valence electrons. The first-order valence-electron chi connectivity index (χ1n) is 2.29. The van der Waals surface area contributed by atoms with Crippen LogP contribution in [0.3, 0.4) is 0 Å². The van der Waals surface area contributed by atoms with E-state index in [9.17, 15) is 13.2 Å². The van der Waals surface area contributed by atoms with Crippen LogP contribution in [-0.2, 0) is 0 Å². The monoisotopic (exact) mass is 306 g/mol. The van der Waals surface area contributed by atoms with E-state index < -0.39 is 14.4 Å². The van der Waals surface area contributed by atoms with Gasteiger partial charge in [-0.15, -0.1) is 0 Å². The molecule has 0 amide bonds. The van der Waals surface area contributed by atoms with Crippen molar-refractivity contribution in [3.05, 3.63) is 0 Å². The molecule has 0 aliphatic rings. The minimum absolute atomic E-state index is 0.937. The summed E-state index contributed by atoms with van der Waals surface area (Å²) in [7, 11) is 0. The molecule has 0 aromatic rings. The van der Waals surface area contributed by atoms with Crippen LogP contribution in [0.1, 0.15) is 6.92 Å². The van der Waals surface area contributed by atoms with Crippen LogP contribution >= 0.6 is 45.8 Å². The van der Waals surface area contributed by atoms with Crippen molar-refractivity contribution >= 4 is 45.8 Å². The van der Waals surface area contributed by atoms with Gasteiger partial charge in [0, 0.05) is 0 Å². The fourth-order valence-electron chi connectivity index (χ4n) is 0.186. The quantitative estimate of drug-likeness (QED) is 0.511. The average Bonchev–Trinajstić information content (AvgIpc) is 1.59. The molecule has 0 nitrogen and oxygen atoms in total. The van der Waals surface area contributed by atoms with E-state index in [1.807, 2.05) is 0 Å². The Labute approximate surface area is 80.2 Å². The number of hydrogen-bond donors (Lipinski definition) is 0. The molecule has 1 unspecified atom stereocenters. The lowest BCUT2D eigenvalue weighted by Crippen LogP contribution is -2.30. The van der Waals surface area contributed by atoms with Gasteiger partial charge in [-0.05, 0) is 22.6 Å². The highest BCUT2D eigenvalue weighted by Crippen LogP contribution is 2.45. The van der Waals surface area contributed by atoms with Gasteiger partial charge in [-0.3, -0.25) is 0 Å². The van der Waals surface area contributed by atoms with Gasteiger partial charge in [0.1, 0.15) is 0 Å². The first-order chi connectivity index (χ1) is 4.15. The van der Waals surface area contributed by atoms with E-state index in [0.717, 1.165) is 6.92 Å². The van der Waals surface area contributed by atoms with Crippen LogP contribution in [0, 0.1) is 5.92 Å². The van der Waals surface area contributed by atoms with Crippen molar-refractivity contribution in [2.45, 2.75) is 15.4 Å². The van der Waals surface area contributed by atoms with E-state index >= 15 is 0 Å². The summed E-state index contributed by atoms with van der Waals surface area (Å²) >= 11 is 11.7. The largest absolute Gasteiger partial charge is 0.395 e. The number of alkyl halides is 6. The zero-order chi connectivity index (χ0) is 8.58. The Morgan fingerprint density at radius 1 is 1.30 bits per heavy atom. The molecule has 0 aliphatic carbocycles. The smallest absolute Gasteiger partial charge is 0.171 e. The Balaban J connectivity index is 4.23. The molecule has 0 spiro atoms. The van der Waals surface area contributed by atoms with Crippen LogP contribution in [0.2, 0.25) is 0 Å². The maximum atomic E-state index is 11.8. The van der Waals surface area contributed by atoms with E-state index in [4.69, 9.17) is 23.2 Å². The lowest BCUT2D eigenvalue weighted by molar-refractivity contribution is -0.166. The van der Waals surface area contributed by atoms with Crippen LogP contribution in [0.5, 0.6) is 0 Å². The summed E-state index contributed by atoms with van der Waals surface area (Å²) in [6.07, 6.45) is -4.33. The van der Waals surface area contributed by atoms with Crippen LogP contribution in [0.4, 0.5) is 13.2 Å². The molecule has 6 heteroatoms. The molecule has 0 saturated heterocycles. The van der Waals surface area contributed by atoms with Crippen molar-refractivity contribution in [3.63, 3.8) is 0 Å². The summed E-state index contributed by atoms with van der Waals surface area (Å²) in [6, 6.07) is 0. The summed E-state index contributed by atoms with van der Waals surface area (Å²) < 4.78 is 33.5. The van der Waals surface area contributed by atoms with Crippen LogP contribution < -0.4 is 0 Å². The fraction of sp³-hybridized carbons (Fsp3) is 1.00. The highest BCUT2D eigenvalue weighted by atomic mass is 127. The van der Waals surface area contributed by atoms with Crippen LogP contribution in [-0.4, -0.2) is 8.52 Å². The van der Waals surface area contributed by atoms with Crippen molar-refractivity contribution in [2.75, 3.05) is 0 Å². The second-order valence-corrected chi connectivity index (χ2v) is 6.17. The number of rotatable bonds is 1. The van der Waals surface area contributed by atoms with E-state index in [1.54, 1.807) is 0 Å². The lowest BCUT2D eigenvalue weighted by atomic mass is 10.2. The molecule has 0 aromatic heterocycles. The predicted molar refractivity (Wildman–Crippen MR) is 43.7 cm³/mol. The molecule has 0 aliphatic heterocycles. The lowest BCUT2D eigenvalue weighted by Gasteiger charge is -2.22. The van der Waals surface area contributed by atoms with Gasteiger partial charge in [-0.1, -0.05) is 30.1 Å². The zero-order valence-electron chi connectivity index (χ0n) is 4.85. The summed E-state index contributed by atoms with van der Waals surface area (Å²) in [4.78, 5) is 0. The standard InChI is InChI=1S/C4H4Cl2F3I/c1-2(3(5,6)10)4(7,8)9/h2H,1H3. The van der Waals surface area contributed by atoms with Gasteiger partial charge >= 0.3 is 6.18 Å². The van der Waals surface area contributed by atoms with E-state index in [1.165, 1.54) is 22.6 Å². The van der Waals surface area contributed by atoms with Gasteiger partial charge in [0.25, 0.3) is 0 Å². The number of hydrogen-bond acceptors (Lipinski definition) is 0. The third-order valence-electron chi connectivity index (χ3n) is 0.982. The maximum absolute atomic E-state index is 11.8. The van der Waals surface area contributed by atoms with E-state index in [2.05, 4.69) is 0 Å². The first kappa shape index (κ1) is 11.1. The molecule has 0 aromatic carbocycles. The van der Waals surface area contributed by atoms with Crippen molar-refractivity contribution in [1.29, 1.82) is 0 Å².